The molecule has 21 heavy (non-hydrogen) atoms. The van der Waals surface area contributed by atoms with Gasteiger partial charge < -0.3 is 10.6 Å². The van der Waals surface area contributed by atoms with Gasteiger partial charge in [-0.25, -0.2) is 0 Å². The smallest absolute Gasteiger partial charge is 0.0314 e. The van der Waals surface area contributed by atoms with Gasteiger partial charge in [0.1, 0.15) is 0 Å². The first kappa shape index (κ1) is 16.1. The number of hydrogen-bond acceptors (Lipinski definition) is 2. The molecule has 0 atom stereocenters. The Labute approximate surface area is 136 Å². The van der Waals surface area contributed by atoms with Crippen LogP contribution < -0.4 is 5.73 Å². The summed E-state index contributed by atoms with van der Waals surface area (Å²) in [6, 6.07) is 16.7. The van der Waals surface area contributed by atoms with Crippen LogP contribution in [0, 0.1) is 0 Å². The first-order valence-corrected chi connectivity index (χ1v) is 7.95. The minimum Gasteiger partial charge on any atom is -0.399 e. The maximum atomic E-state index is 5.77. The second kappa shape index (κ2) is 6.63. The highest BCUT2D eigenvalue weighted by molar-refractivity contribution is 9.10. The van der Waals surface area contributed by atoms with Crippen LogP contribution in [-0.4, -0.2) is 18.5 Å². The number of anilines is 1. The van der Waals surface area contributed by atoms with Crippen molar-refractivity contribution >= 4 is 21.6 Å². The van der Waals surface area contributed by atoms with Crippen LogP contribution in [0.4, 0.5) is 5.69 Å². The average molecular weight is 347 g/mol. The number of nitrogens with zero attached hydrogens (tertiary/aromatic N) is 1. The molecule has 2 aromatic rings. The Morgan fingerprint density at radius 2 is 1.57 bits per heavy atom. The van der Waals surface area contributed by atoms with Crippen molar-refractivity contribution in [3.63, 3.8) is 0 Å². The SMILES string of the molecule is CN(Cc1ccc(Br)cc1)CC(C)(C)c1ccc(N)cc1. The van der Waals surface area contributed by atoms with E-state index in [1.54, 1.807) is 0 Å². The zero-order valence-corrected chi connectivity index (χ0v) is 14.5. The summed E-state index contributed by atoms with van der Waals surface area (Å²) in [5.74, 6) is 0. The molecule has 0 radical (unpaired) electrons. The Hall–Kier alpha value is -1.32. The maximum Gasteiger partial charge on any atom is 0.0314 e. The van der Waals surface area contributed by atoms with Gasteiger partial charge in [0.2, 0.25) is 0 Å². The van der Waals surface area contributed by atoms with Gasteiger partial charge in [0.15, 0.2) is 0 Å². The minimum absolute atomic E-state index is 0.0951. The number of nitrogen functional groups attached to an aromatic ring is 1. The predicted octanol–water partition coefficient (Wildman–Crippen LogP) is 4.44. The third-order valence-corrected chi connectivity index (χ3v) is 4.25. The second-order valence-electron chi connectivity index (χ2n) is 6.30. The lowest BCUT2D eigenvalue weighted by Crippen LogP contribution is -2.34. The molecule has 0 spiro atoms. The van der Waals surface area contributed by atoms with Crippen molar-refractivity contribution in [3.8, 4) is 0 Å². The molecule has 0 aromatic heterocycles. The molecule has 0 fully saturated rings. The van der Waals surface area contributed by atoms with Gasteiger partial charge in [-0.3, -0.25) is 0 Å². The number of halogens is 1. The standard InChI is InChI=1S/C18H23BrN2/c1-18(2,15-6-10-17(20)11-7-15)13-21(3)12-14-4-8-16(19)9-5-14/h4-11H,12-13,20H2,1-3H3. The summed E-state index contributed by atoms with van der Waals surface area (Å²) in [5, 5.41) is 0. The number of likely N-dealkylation sites (N-methyl/N-ethyl adjacent to an activating group) is 1. The molecular weight excluding hydrogens is 324 g/mol. The van der Waals surface area contributed by atoms with Crippen molar-refractivity contribution in [1.29, 1.82) is 0 Å². The highest BCUT2D eigenvalue weighted by atomic mass is 79.9. The molecule has 2 aromatic carbocycles. The van der Waals surface area contributed by atoms with Gasteiger partial charge >= 0.3 is 0 Å². The van der Waals surface area contributed by atoms with Crippen molar-refractivity contribution in [1.82, 2.24) is 4.90 Å². The van der Waals surface area contributed by atoms with Gasteiger partial charge in [-0.05, 0) is 42.4 Å². The molecule has 0 heterocycles. The molecule has 2 N–H and O–H groups in total. The predicted molar refractivity (Wildman–Crippen MR) is 94.4 cm³/mol. The van der Waals surface area contributed by atoms with Crippen LogP contribution in [0.5, 0.6) is 0 Å². The largest absolute Gasteiger partial charge is 0.399 e. The van der Waals surface area contributed by atoms with E-state index in [0.717, 1.165) is 23.2 Å². The molecule has 0 bridgehead atoms. The van der Waals surface area contributed by atoms with Crippen molar-refractivity contribution in [2.24, 2.45) is 0 Å². The molecule has 0 unspecified atom stereocenters. The lowest BCUT2D eigenvalue weighted by atomic mass is 9.84. The lowest BCUT2D eigenvalue weighted by Gasteiger charge is -2.31. The maximum absolute atomic E-state index is 5.77. The average Bonchev–Trinajstić information content (AvgIpc) is 2.41. The van der Waals surface area contributed by atoms with E-state index in [2.05, 4.69) is 78.1 Å². The Balaban J connectivity index is 2.01. The van der Waals surface area contributed by atoms with Gasteiger partial charge in [-0.2, -0.15) is 0 Å². The van der Waals surface area contributed by atoms with Gasteiger partial charge in [0, 0.05) is 28.7 Å². The van der Waals surface area contributed by atoms with E-state index in [9.17, 15) is 0 Å². The van der Waals surface area contributed by atoms with E-state index in [0.29, 0.717) is 0 Å². The van der Waals surface area contributed by atoms with E-state index in [4.69, 9.17) is 5.73 Å². The summed E-state index contributed by atoms with van der Waals surface area (Å²) in [5.41, 5.74) is 9.33. The van der Waals surface area contributed by atoms with Crippen LogP contribution >= 0.6 is 15.9 Å². The third-order valence-electron chi connectivity index (χ3n) is 3.72. The second-order valence-corrected chi connectivity index (χ2v) is 7.22. The molecule has 3 heteroatoms. The Morgan fingerprint density at radius 3 is 2.14 bits per heavy atom. The number of rotatable bonds is 5. The molecule has 0 aliphatic rings. The van der Waals surface area contributed by atoms with Crippen LogP contribution in [0.1, 0.15) is 25.0 Å². The lowest BCUT2D eigenvalue weighted by molar-refractivity contribution is 0.261. The molecule has 2 nitrogen and oxygen atoms in total. The molecule has 0 aliphatic heterocycles. The van der Waals surface area contributed by atoms with E-state index in [1.165, 1.54) is 11.1 Å². The highest BCUT2D eigenvalue weighted by Crippen LogP contribution is 2.25. The van der Waals surface area contributed by atoms with Crippen molar-refractivity contribution < 1.29 is 0 Å². The Bertz CT molecular complexity index is 573. The van der Waals surface area contributed by atoms with Crippen LogP contribution in [0.25, 0.3) is 0 Å². The van der Waals surface area contributed by atoms with Gasteiger partial charge in [0.05, 0.1) is 0 Å². The van der Waals surface area contributed by atoms with Gasteiger partial charge in [-0.15, -0.1) is 0 Å². The van der Waals surface area contributed by atoms with Gasteiger partial charge in [0.25, 0.3) is 0 Å². The topological polar surface area (TPSA) is 29.3 Å². The van der Waals surface area contributed by atoms with Crippen molar-refractivity contribution in [3.05, 3.63) is 64.1 Å². The zero-order chi connectivity index (χ0) is 15.5. The van der Waals surface area contributed by atoms with Crippen molar-refractivity contribution in [2.45, 2.75) is 25.8 Å². The third kappa shape index (κ3) is 4.58. The Morgan fingerprint density at radius 1 is 1.00 bits per heavy atom. The van der Waals surface area contributed by atoms with E-state index in [-0.39, 0.29) is 5.41 Å². The van der Waals surface area contributed by atoms with E-state index < -0.39 is 0 Å². The quantitative estimate of drug-likeness (QED) is 0.810. The summed E-state index contributed by atoms with van der Waals surface area (Å²) in [6.45, 7) is 6.49. The van der Waals surface area contributed by atoms with Crippen LogP contribution in [0.15, 0.2) is 53.0 Å². The summed E-state index contributed by atoms with van der Waals surface area (Å²) < 4.78 is 1.12. The van der Waals surface area contributed by atoms with E-state index in [1.807, 2.05) is 12.1 Å². The minimum atomic E-state index is 0.0951. The fourth-order valence-corrected chi connectivity index (χ4v) is 2.92. The molecule has 0 amide bonds. The normalized spacial score (nSPS) is 11.9. The fraction of sp³-hybridized carbons (Fsp3) is 0.333. The zero-order valence-electron chi connectivity index (χ0n) is 12.9. The molecule has 0 saturated heterocycles. The number of hydrogen-bond donors (Lipinski definition) is 1. The summed E-state index contributed by atoms with van der Waals surface area (Å²) in [7, 11) is 2.17. The molecular formula is C18H23BrN2. The van der Waals surface area contributed by atoms with Crippen LogP contribution in [0.2, 0.25) is 0 Å². The van der Waals surface area contributed by atoms with Crippen LogP contribution in [0.3, 0.4) is 0 Å². The number of benzene rings is 2. The summed E-state index contributed by atoms with van der Waals surface area (Å²) >= 11 is 3.47. The van der Waals surface area contributed by atoms with Gasteiger partial charge in [-0.1, -0.05) is 54.0 Å². The highest BCUT2D eigenvalue weighted by Gasteiger charge is 2.22. The molecule has 0 aliphatic carbocycles. The Kier molecular flexibility index (Phi) is 5.07. The first-order valence-electron chi connectivity index (χ1n) is 7.16. The van der Waals surface area contributed by atoms with E-state index >= 15 is 0 Å². The van der Waals surface area contributed by atoms with Crippen molar-refractivity contribution in [2.75, 3.05) is 19.3 Å². The van der Waals surface area contributed by atoms with Crippen LogP contribution in [-0.2, 0) is 12.0 Å². The number of nitrogens with two attached hydrogens (primary N) is 1. The monoisotopic (exact) mass is 346 g/mol. The summed E-state index contributed by atoms with van der Waals surface area (Å²) in [4.78, 5) is 2.36. The molecule has 0 saturated carbocycles. The fourth-order valence-electron chi connectivity index (χ4n) is 2.66. The summed E-state index contributed by atoms with van der Waals surface area (Å²) in [6.07, 6.45) is 0. The molecule has 112 valence electrons. The molecule has 2 rings (SSSR count). The first-order chi connectivity index (χ1) is 9.87.